The molecule has 1 heterocycles. The lowest BCUT2D eigenvalue weighted by molar-refractivity contribution is -0.139. The molecule has 3 amide bonds. The Morgan fingerprint density at radius 2 is 1.89 bits per heavy atom. The van der Waals surface area contributed by atoms with E-state index in [4.69, 9.17) is 13.9 Å². The van der Waals surface area contributed by atoms with Crippen LogP contribution < -0.4 is 20.1 Å². The van der Waals surface area contributed by atoms with Gasteiger partial charge in [0.2, 0.25) is 11.8 Å². The zero-order valence-corrected chi connectivity index (χ0v) is 20.2. The average molecular weight is 484 g/mol. The molecule has 1 aromatic carbocycles. The first-order valence-electron chi connectivity index (χ1n) is 11.7. The van der Waals surface area contributed by atoms with E-state index in [-0.39, 0.29) is 30.8 Å². The Morgan fingerprint density at radius 3 is 2.51 bits per heavy atom. The number of carbonyl (C=O) groups is 3. The summed E-state index contributed by atoms with van der Waals surface area (Å²) in [4.78, 5) is 40.6. The molecule has 0 bridgehead atoms. The van der Waals surface area contributed by atoms with E-state index in [1.807, 2.05) is 0 Å². The molecule has 9 heteroatoms. The minimum absolute atomic E-state index is 0.0539. The van der Waals surface area contributed by atoms with Gasteiger partial charge in [-0.25, -0.2) is 0 Å². The summed E-state index contributed by atoms with van der Waals surface area (Å²) in [5, 5.41) is 5.68. The summed E-state index contributed by atoms with van der Waals surface area (Å²) in [6.45, 7) is 3.55. The maximum Gasteiger partial charge on any atom is 0.287 e. The highest BCUT2D eigenvalue weighted by atomic mass is 16.5. The fourth-order valence-corrected chi connectivity index (χ4v) is 4.27. The number of benzene rings is 1. The van der Waals surface area contributed by atoms with E-state index in [0.717, 1.165) is 32.1 Å². The van der Waals surface area contributed by atoms with Crippen LogP contribution in [0, 0.1) is 0 Å². The van der Waals surface area contributed by atoms with Crippen molar-refractivity contribution in [2.24, 2.45) is 0 Å². The number of ether oxygens (including phenoxy) is 2. The minimum atomic E-state index is -0.956. The van der Waals surface area contributed by atoms with E-state index in [0.29, 0.717) is 17.1 Å². The second-order valence-corrected chi connectivity index (χ2v) is 8.36. The van der Waals surface area contributed by atoms with Crippen molar-refractivity contribution >= 4 is 17.7 Å². The van der Waals surface area contributed by atoms with E-state index in [1.165, 1.54) is 31.4 Å². The smallest absolute Gasteiger partial charge is 0.287 e. The minimum Gasteiger partial charge on any atom is -0.493 e. The van der Waals surface area contributed by atoms with Crippen LogP contribution in [-0.4, -0.2) is 56.0 Å². The standard InChI is InChI=1S/C26H33N3O6/c1-4-14-29(23(30)17-27-25(31)21-11-8-15-35-21)24(26(32)28-19-9-6-5-7-10-19)18-12-13-20(33-2)22(16-18)34-3/h4,8,11-13,15-16,19,24H,1,5-7,9-10,14,17H2,2-3H3,(H,27,31)(H,28,32)/t24-/m1/s1. The number of nitrogens with one attached hydrogen (secondary N) is 2. The molecule has 1 aliphatic carbocycles. The monoisotopic (exact) mass is 483 g/mol. The summed E-state index contributed by atoms with van der Waals surface area (Å²) in [6, 6.07) is 7.31. The molecule has 2 N–H and O–H groups in total. The Hall–Kier alpha value is -3.75. The van der Waals surface area contributed by atoms with Crippen LogP contribution >= 0.6 is 0 Å². The lowest BCUT2D eigenvalue weighted by Gasteiger charge is -2.33. The summed E-state index contributed by atoms with van der Waals surface area (Å²) in [5.41, 5.74) is 0.559. The molecule has 0 aliphatic heterocycles. The topological polar surface area (TPSA) is 110 Å². The third-order valence-electron chi connectivity index (χ3n) is 6.03. The molecule has 1 fully saturated rings. The molecule has 1 saturated carbocycles. The first-order chi connectivity index (χ1) is 17.0. The molecule has 35 heavy (non-hydrogen) atoms. The molecule has 1 aliphatic rings. The second kappa shape index (κ2) is 12.6. The van der Waals surface area contributed by atoms with E-state index >= 15 is 0 Å². The molecule has 2 aromatic rings. The van der Waals surface area contributed by atoms with Crippen LogP contribution in [0.15, 0.2) is 53.7 Å². The van der Waals surface area contributed by atoms with Crippen LogP contribution in [-0.2, 0) is 9.59 Å². The molecule has 0 unspecified atom stereocenters. The predicted octanol–water partition coefficient (Wildman–Crippen LogP) is 3.23. The maximum absolute atomic E-state index is 13.6. The third kappa shape index (κ3) is 6.65. The van der Waals surface area contributed by atoms with Gasteiger partial charge in [0.25, 0.3) is 5.91 Å². The Balaban J connectivity index is 1.88. The number of nitrogens with zero attached hydrogens (tertiary/aromatic N) is 1. The molecule has 1 atom stereocenters. The first kappa shape index (κ1) is 25.9. The number of rotatable bonds is 11. The van der Waals surface area contributed by atoms with Crippen molar-refractivity contribution in [3.63, 3.8) is 0 Å². The van der Waals surface area contributed by atoms with E-state index < -0.39 is 17.9 Å². The Kier molecular flexibility index (Phi) is 9.34. The van der Waals surface area contributed by atoms with Crippen LogP contribution in [0.2, 0.25) is 0 Å². The molecule has 9 nitrogen and oxygen atoms in total. The number of methoxy groups -OCH3 is 2. The molecule has 0 spiro atoms. The molecule has 0 saturated heterocycles. The van der Waals surface area contributed by atoms with Gasteiger partial charge in [0.05, 0.1) is 27.0 Å². The average Bonchev–Trinajstić information content (AvgIpc) is 3.42. The van der Waals surface area contributed by atoms with Gasteiger partial charge >= 0.3 is 0 Å². The van der Waals surface area contributed by atoms with Crippen LogP contribution in [0.25, 0.3) is 0 Å². The number of carbonyl (C=O) groups excluding carboxylic acids is 3. The van der Waals surface area contributed by atoms with E-state index in [2.05, 4.69) is 17.2 Å². The summed E-state index contributed by atoms with van der Waals surface area (Å²) in [7, 11) is 3.04. The Labute approximate surface area is 205 Å². The summed E-state index contributed by atoms with van der Waals surface area (Å²) < 4.78 is 15.8. The van der Waals surface area contributed by atoms with Crippen molar-refractivity contribution in [3.05, 3.63) is 60.6 Å². The van der Waals surface area contributed by atoms with Gasteiger partial charge in [0.1, 0.15) is 6.04 Å². The van der Waals surface area contributed by atoms with Crippen LogP contribution in [0.4, 0.5) is 0 Å². The molecule has 188 valence electrons. The van der Waals surface area contributed by atoms with Crippen molar-refractivity contribution in [1.29, 1.82) is 0 Å². The largest absolute Gasteiger partial charge is 0.493 e. The molecule has 1 aromatic heterocycles. The van der Waals surface area contributed by atoms with Crippen LogP contribution in [0.1, 0.15) is 54.3 Å². The Morgan fingerprint density at radius 1 is 1.14 bits per heavy atom. The van der Waals surface area contributed by atoms with Crippen molar-refractivity contribution in [2.75, 3.05) is 27.3 Å². The first-order valence-corrected chi connectivity index (χ1v) is 11.7. The summed E-state index contributed by atoms with van der Waals surface area (Å²) >= 11 is 0. The van der Waals surface area contributed by atoms with Gasteiger partial charge in [-0.2, -0.15) is 0 Å². The second-order valence-electron chi connectivity index (χ2n) is 8.36. The van der Waals surface area contributed by atoms with Gasteiger partial charge in [0, 0.05) is 12.6 Å². The van der Waals surface area contributed by atoms with Crippen LogP contribution in [0.5, 0.6) is 11.5 Å². The van der Waals surface area contributed by atoms with Gasteiger partial charge in [-0.05, 0) is 42.7 Å². The van der Waals surface area contributed by atoms with E-state index in [9.17, 15) is 14.4 Å². The van der Waals surface area contributed by atoms with Gasteiger partial charge < -0.3 is 29.4 Å². The zero-order valence-electron chi connectivity index (χ0n) is 20.2. The molecular formula is C26H33N3O6. The SMILES string of the molecule is C=CCN(C(=O)CNC(=O)c1ccco1)[C@@H](C(=O)NC1CCCCC1)c1ccc(OC)c(OC)c1. The van der Waals surface area contributed by atoms with Crippen molar-refractivity contribution in [2.45, 2.75) is 44.2 Å². The number of hydrogen-bond acceptors (Lipinski definition) is 6. The summed E-state index contributed by atoms with van der Waals surface area (Å²) in [5.74, 6) is -0.205. The fourth-order valence-electron chi connectivity index (χ4n) is 4.27. The van der Waals surface area contributed by atoms with Gasteiger partial charge in [0.15, 0.2) is 17.3 Å². The Bertz CT molecular complexity index is 1010. The third-order valence-corrected chi connectivity index (χ3v) is 6.03. The predicted molar refractivity (Wildman–Crippen MR) is 130 cm³/mol. The summed E-state index contributed by atoms with van der Waals surface area (Å²) in [6.07, 6.45) is 8.00. The quantitative estimate of drug-likeness (QED) is 0.475. The number of hydrogen-bond donors (Lipinski definition) is 2. The highest BCUT2D eigenvalue weighted by Crippen LogP contribution is 2.32. The number of amides is 3. The molecule has 0 radical (unpaired) electrons. The molecular weight excluding hydrogens is 450 g/mol. The van der Waals surface area contributed by atoms with Gasteiger partial charge in [-0.3, -0.25) is 14.4 Å². The van der Waals surface area contributed by atoms with Gasteiger partial charge in [-0.1, -0.05) is 31.4 Å². The van der Waals surface area contributed by atoms with Crippen molar-refractivity contribution < 1.29 is 28.3 Å². The highest BCUT2D eigenvalue weighted by molar-refractivity contribution is 5.95. The van der Waals surface area contributed by atoms with Crippen LogP contribution in [0.3, 0.4) is 0 Å². The van der Waals surface area contributed by atoms with Crippen molar-refractivity contribution in [3.8, 4) is 11.5 Å². The zero-order chi connectivity index (χ0) is 25.2. The van der Waals surface area contributed by atoms with Gasteiger partial charge in [-0.15, -0.1) is 6.58 Å². The molecule has 3 rings (SSSR count). The van der Waals surface area contributed by atoms with Crippen molar-refractivity contribution in [1.82, 2.24) is 15.5 Å². The van der Waals surface area contributed by atoms with E-state index in [1.54, 1.807) is 30.3 Å². The fraction of sp³-hybridized carbons (Fsp3) is 0.423. The lowest BCUT2D eigenvalue weighted by Crippen LogP contribution is -2.49. The number of furan rings is 1. The highest BCUT2D eigenvalue weighted by Gasteiger charge is 2.33. The maximum atomic E-state index is 13.6. The lowest BCUT2D eigenvalue weighted by atomic mass is 9.94. The normalized spacial score (nSPS) is 14.5.